The summed E-state index contributed by atoms with van der Waals surface area (Å²) in [5.74, 6) is 1.59. The Kier molecular flexibility index (Phi) is 5.67. The molecule has 7 heteroatoms. The summed E-state index contributed by atoms with van der Waals surface area (Å²) >= 11 is 0. The molecule has 3 heterocycles. The van der Waals surface area contributed by atoms with Crippen molar-refractivity contribution in [2.24, 2.45) is 0 Å². The standard InChI is InChI=1S/C20H26FN5O/c21-16-4-3-6-18(12-16)26-7-2-1-5-17(14-26)24-19-13-20(23-15-22-19)25-8-10-27-11-9-25/h3-4,6,12-13,15,17H,1-2,5,7-11,14H2,(H,22,23,24)/t17-/m1/s1. The average Bonchev–Trinajstić information content (AvgIpc) is 2.95. The van der Waals surface area contributed by atoms with E-state index in [0.29, 0.717) is 0 Å². The largest absolute Gasteiger partial charge is 0.378 e. The van der Waals surface area contributed by atoms with Crippen molar-refractivity contribution >= 4 is 17.3 Å². The molecule has 2 saturated heterocycles. The minimum Gasteiger partial charge on any atom is -0.378 e. The second kappa shape index (κ2) is 8.52. The lowest BCUT2D eigenvalue weighted by Gasteiger charge is -2.29. The monoisotopic (exact) mass is 371 g/mol. The maximum Gasteiger partial charge on any atom is 0.134 e. The summed E-state index contributed by atoms with van der Waals surface area (Å²) in [6.45, 7) is 4.96. The SMILES string of the molecule is Fc1cccc(N2CCCC[C@@H](Nc3cc(N4CCOCC4)ncn3)C2)c1. The summed E-state index contributed by atoms with van der Waals surface area (Å²) in [4.78, 5) is 13.3. The first kappa shape index (κ1) is 18.0. The minimum absolute atomic E-state index is 0.188. The van der Waals surface area contributed by atoms with Crippen LogP contribution in [0.2, 0.25) is 0 Å². The zero-order valence-electron chi connectivity index (χ0n) is 15.5. The zero-order chi connectivity index (χ0) is 18.5. The van der Waals surface area contributed by atoms with Crippen molar-refractivity contribution in [2.45, 2.75) is 25.3 Å². The van der Waals surface area contributed by atoms with Crippen molar-refractivity contribution in [3.63, 3.8) is 0 Å². The smallest absolute Gasteiger partial charge is 0.134 e. The molecule has 4 rings (SSSR count). The predicted octanol–water partition coefficient (Wildman–Crippen LogP) is 2.92. The van der Waals surface area contributed by atoms with Crippen LogP contribution in [0.5, 0.6) is 0 Å². The van der Waals surface area contributed by atoms with Gasteiger partial charge in [0.1, 0.15) is 23.8 Å². The second-order valence-electron chi connectivity index (χ2n) is 7.12. The van der Waals surface area contributed by atoms with Gasteiger partial charge in [-0.15, -0.1) is 0 Å². The fourth-order valence-corrected chi connectivity index (χ4v) is 3.77. The molecule has 0 radical (unpaired) electrons. The van der Waals surface area contributed by atoms with Crippen molar-refractivity contribution in [1.82, 2.24) is 9.97 Å². The lowest BCUT2D eigenvalue weighted by atomic mass is 10.1. The third kappa shape index (κ3) is 4.66. The molecule has 2 fully saturated rings. The van der Waals surface area contributed by atoms with E-state index in [-0.39, 0.29) is 11.9 Å². The summed E-state index contributed by atoms with van der Waals surface area (Å²) in [6.07, 6.45) is 4.94. The van der Waals surface area contributed by atoms with Gasteiger partial charge in [-0.05, 0) is 37.5 Å². The van der Waals surface area contributed by atoms with Gasteiger partial charge < -0.3 is 19.9 Å². The van der Waals surface area contributed by atoms with Gasteiger partial charge in [0.2, 0.25) is 0 Å². The minimum atomic E-state index is -0.188. The van der Waals surface area contributed by atoms with E-state index in [1.165, 1.54) is 6.07 Å². The maximum atomic E-state index is 13.6. The Bertz CT molecular complexity index is 753. The molecule has 2 aliphatic rings. The third-order valence-corrected chi connectivity index (χ3v) is 5.18. The van der Waals surface area contributed by atoms with Crippen LogP contribution < -0.4 is 15.1 Å². The van der Waals surface area contributed by atoms with Gasteiger partial charge in [-0.2, -0.15) is 0 Å². The van der Waals surface area contributed by atoms with Gasteiger partial charge in [0.05, 0.1) is 13.2 Å². The van der Waals surface area contributed by atoms with E-state index in [1.807, 2.05) is 12.1 Å². The molecule has 27 heavy (non-hydrogen) atoms. The highest BCUT2D eigenvalue weighted by atomic mass is 19.1. The number of hydrogen-bond acceptors (Lipinski definition) is 6. The maximum absolute atomic E-state index is 13.6. The molecule has 6 nitrogen and oxygen atoms in total. The first-order chi connectivity index (χ1) is 13.3. The molecule has 1 aromatic carbocycles. The van der Waals surface area contributed by atoms with Crippen molar-refractivity contribution in [2.75, 3.05) is 54.5 Å². The Morgan fingerprint density at radius 3 is 2.78 bits per heavy atom. The van der Waals surface area contributed by atoms with Gasteiger partial charge in [-0.3, -0.25) is 0 Å². The van der Waals surface area contributed by atoms with E-state index in [2.05, 4.69) is 25.1 Å². The van der Waals surface area contributed by atoms with Gasteiger partial charge >= 0.3 is 0 Å². The van der Waals surface area contributed by atoms with Crippen LogP contribution in [0.4, 0.5) is 21.7 Å². The summed E-state index contributed by atoms with van der Waals surface area (Å²) in [5, 5.41) is 3.57. The lowest BCUT2D eigenvalue weighted by molar-refractivity contribution is 0.122. The Hall–Kier alpha value is -2.41. The van der Waals surface area contributed by atoms with E-state index in [9.17, 15) is 4.39 Å². The van der Waals surface area contributed by atoms with Crippen LogP contribution >= 0.6 is 0 Å². The predicted molar refractivity (Wildman–Crippen MR) is 105 cm³/mol. The highest BCUT2D eigenvalue weighted by molar-refractivity contribution is 5.50. The van der Waals surface area contributed by atoms with Crippen LogP contribution in [0.3, 0.4) is 0 Å². The Morgan fingerprint density at radius 1 is 1.04 bits per heavy atom. The van der Waals surface area contributed by atoms with Crippen LogP contribution in [0, 0.1) is 5.82 Å². The van der Waals surface area contributed by atoms with Gasteiger partial charge in [0.15, 0.2) is 0 Å². The number of rotatable bonds is 4. The number of anilines is 3. The molecule has 0 bridgehead atoms. The number of nitrogens with one attached hydrogen (secondary N) is 1. The van der Waals surface area contributed by atoms with Gasteiger partial charge in [0.25, 0.3) is 0 Å². The van der Waals surface area contributed by atoms with Crippen molar-refractivity contribution in [1.29, 1.82) is 0 Å². The summed E-state index contributed by atoms with van der Waals surface area (Å²) < 4.78 is 19.0. The molecule has 0 spiro atoms. The van der Waals surface area contributed by atoms with Crippen LogP contribution in [-0.2, 0) is 4.74 Å². The summed E-state index contributed by atoms with van der Waals surface area (Å²) in [5.41, 5.74) is 0.945. The van der Waals surface area contributed by atoms with Gasteiger partial charge in [-0.25, -0.2) is 14.4 Å². The summed E-state index contributed by atoms with van der Waals surface area (Å²) in [6, 6.07) is 9.14. The molecule has 144 valence electrons. The number of morpholine rings is 1. The van der Waals surface area contributed by atoms with Crippen molar-refractivity contribution in [3.05, 3.63) is 42.5 Å². The number of ether oxygens (including phenoxy) is 1. The highest BCUT2D eigenvalue weighted by Gasteiger charge is 2.20. The van der Waals surface area contributed by atoms with Crippen LogP contribution in [-0.4, -0.2) is 55.4 Å². The van der Waals surface area contributed by atoms with Crippen molar-refractivity contribution < 1.29 is 9.13 Å². The molecule has 1 N–H and O–H groups in total. The fourth-order valence-electron chi connectivity index (χ4n) is 3.77. The molecule has 0 unspecified atom stereocenters. The second-order valence-corrected chi connectivity index (χ2v) is 7.12. The molecule has 2 aromatic rings. The zero-order valence-corrected chi connectivity index (χ0v) is 15.5. The van der Waals surface area contributed by atoms with Gasteiger partial charge in [0, 0.05) is 44.0 Å². The highest BCUT2D eigenvalue weighted by Crippen LogP contribution is 2.23. The van der Waals surface area contributed by atoms with E-state index in [4.69, 9.17) is 4.74 Å². The van der Waals surface area contributed by atoms with Crippen LogP contribution in [0.1, 0.15) is 19.3 Å². The molecular weight excluding hydrogens is 345 g/mol. The quantitative estimate of drug-likeness (QED) is 0.892. The van der Waals surface area contributed by atoms with E-state index in [0.717, 1.165) is 76.0 Å². The Balaban J connectivity index is 1.45. The Morgan fingerprint density at radius 2 is 1.93 bits per heavy atom. The molecule has 0 amide bonds. The first-order valence-corrected chi connectivity index (χ1v) is 9.70. The normalized spacial score (nSPS) is 21.0. The Labute approximate surface area is 159 Å². The average molecular weight is 371 g/mol. The topological polar surface area (TPSA) is 53.5 Å². The molecule has 2 aliphatic heterocycles. The van der Waals surface area contributed by atoms with E-state index in [1.54, 1.807) is 18.5 Å². The molecule has 1 atom stereocenters. The number of benzene rings is 1. The number of nitrogens with zero attached hydrogens (tertiary/aromatic N) is 4. The van der Waals surface area contributed by atoms with E-state index >= 15 is 0 Å². The number of hydrogen-bond donors (Lipinski definition) is 1. The van der Waals surface area contributed by atoms with Gasteiger partial charge in [-0.1, -0.05) is 6.07 Å². The molecule has 1 aromatic heterocycles. The summed E-state index contributed by atoms with van der Waals surface area (Å²) in [7, 11) is 0. The van der Waals surface area contributed by atoms with Crippen LogP contribution in [0.25, 0.3) is 0 Å². The van der Waals surface area contributed by atoms with E-state index < -0.39 is 0 Å². The third-order valence-electron chi connectivity index (χ3n) is 5.18. The lowest BCUT2D eigenvalue weighted by Crippen LogP contribution is -2.37. The fraction of sp³-hybridized carbons (Fsp3) is 0.500. The molecule has 0 aliphatic carbocycles. The number of halogens is 1. The molecule has 0 saturated carbocycles. The van der Waals surface area contributed by atoms with Crippen molar-refractivity contribution in [3.8, 4) is 0 Å². The molecular formula is C20H26FN5O. The number of aromatic nitrogens is 2. The first-order valence-electron chi connectivity index (χ1n) is 9.70. The van der Waals surface area contributed by atoms with Crippen LogP contribution in [0.15, 0.2) is 36.7 Å².